The third-order valence-corrected chi connectivity index (χ3v) is 35.6. The Hall–Kier alpha value is -7.45. The van der Waals surface area contributed by atoms with E-state index in [1.54, 1.807) is 62.2 Å². The molecule has 95 heavy (non-hydrogen) atoms. The van der Waals surface area contributed by atoms with Crippen molar-refractivity contribution in [2.75, 3.05) is 21.3 Å². The Bertz CT molecular complexity index is 4110. The molecule has 502 valence electrons. The second kappa shape index (κ2) is 37.7. The fourth-order valence-electron chi connectivity index (χ4n) is 9.93. The van der Waals surface area contributed by atoms with Gasteiger partial charge in [0.2, 0.25) is 0 Å². The van der Waals surface area contributed by atoms with E-state index in [0.29, 0.717) is 53.0 Å². The van der Waals surface area contributed by atoms with Crippen molar-refractivity contribution in [3.8, 4) is 38.7 Å². The van der Waals surface area contributed by atoms with Crippen LogP contribution in [0.2, 0.25) is 18.5 Å². The molecule has 6 heterocycles. The van der Waals surface area contributed by atoms with Gasteiger partial charge in [0.1, 0.15) is 43.8 Å². The number of ether oxygens (including phenoxy) is 3. The predicted molar refractivity (Wildman–Crippen MR) is 378 cm³/mol. The smallest absolute Gasteiger partial charge is 0.416 e. The summed E-state index contributed by atoms with van der Waals surface area (Å²) in [4.78, 5) is 48.6. The van der Waals surface area contributed by atoms with Gasteiger partial charge in [-0.3, -0.25) is 9.59 Å². The van der Waals surface area contributed by atoms with Crippen molar-refractivity contribution < 1.29 is 50.1 Å². The second-order valence-corrected chi connectivity index (χ2v) is 38.5. The molecule has 0 bridgehead atoms. The molecule has 0 aliphatic rings. The minimum atomic E-state index is -4.33. The summed E-state index contributed by atoms with van der Waals surface area (Å²) >= 11 is 8.62. The van der Waals surface area contributed by atoms with E-state index in [2.05, 4.69) is 57.5 Å². The molecule has 24 heteroatoms. The minimum absolute atomic E-state index is 0. The van der Waals surface area contributed by atoms with Crippen molar-refractivity contribution in [3.05, 3.63) is 200 Å². The van der Waals surface area contributed by atoms with Crippen LogP contribution in [0.25, 0.3) is 54.1 Å². The Balaban J connectivity index is 0.000000195. The molecule has 11 rings (SSSR count). The fraction of sp³-hybridized carbons (Fsp3) is 0.296. The number of alkyl halides is 6. The van der Waals surface area contributed by atoms with Gasteiger partial charge in [0.25, 0.3) is 0 Å². The van der Waals surface area contributed by atoms with E-state index in [4.69, 9.17) is 41.5 Å². The molecular weight excluding hydrogens is 1410 g/mol. The van der Waals surface area contributed by atoms with Gasteiger partial charge >= 0.3 is 134 Å². The van der Waals surface area contributed by atoms with Crippen LogP contribution in [-0.4, -0.2) is 82.2 Å². The monoisotopic (exact) mass is 1490 g/mol. The van der Waals surface area contributed by atoms with Crippen LogP contribution in [-0.2, 0) is 32.0 Å². The molecule has 0 aliphatic heterocycles. The first kappa shape index (κ1) is 76.6. The fourth-order valence-corrected chi connectivity index (χ4v) is 30.6. The summed E-state index contributed by atoms with van der Waals surface area (Å²) in [6, 6.07) is 32.3. The molecule has 0 amide bonds. The van der Waals surface area contributed by atoms with Crippen LogP contribution in [0.5, 0.6) is 17.2 Å². The average Bonchev–Trinajstić information content (AvgIpc) is 1.75. The van der Waals surface area contributed by atoms with Crippen LogP contribution < -0.4 is 28.3 Å². The number of nitrogens with zero attached hydrogens (tertiary/aromatic N) is 6. The number of benzene rings is 5. The van der Waals surface area contributed by atoms with Gasteiger partial charge in [-0.1, -0.05) is 43.3 Å². The van der Waals surface area contributed by atoms with Crippen molar-refractivity contribution in [2.24, 2.45) is 5.73 Å². The number of thiazole rings is 3. The number of nitrogens with two attached hydrogens (primary N) is 1. The number of hydrogen-bond donors (Lipinski definition) is 2. The van der Waals surface area contributed by atoms with Gasteiger partial charge in [-0.15, -0.1) is 22.7 Å². The zero-order valence-corrected chi connectivity index (χ0v) is 58.9. The molecule has 0 spiro atoms. The van der Waals surface area contributed by atoms with E-state index >= 15 is 0 Å². The van der Waals surface area contributed by atoms with Crippen molar-refractivity contribution in [1.29, 1.82) is 0 Å². The standard InChI is InChI=1S/C22H18F3N3OS.C14H10N2O2S.C11H8ClNO2.C8H8F3N.3C4H9.C3H2NS.CH4.Sn/c1-29-18-7-4-15-10-16(20(28-19(15)11-18)21-27-8-9-30-21)13-26-12-14-2-5-17(6-3-14)22(23,24)25;1-18-11-3-2-9-6-10(8-17)13(16-12(9)7-11)14-15-4-5-19-14;1-15-9-3-2-7-4-8(6-14)11(12)13-10(7)5-9;9-8(10,11)7-3-1-6(5-12)2-4-7;3*1-3-4-2;1-2-5-3-4-1;;/h2-11,26H,12-13H2,1H3;2-8H,1H3;2-6H,1H3;1-4H,5,12H2;3*1,3-4H2,2H3;1-2H;1H4;. The SMILES string of the molecule is C.CCC[CH2][Sn]([CH2]CCC)([CH2]CCC)[c]1nccs1.COc1ccc2cc(C=O)c(-c3nccs3)nc2c1.COc1ccc2cc(C=O)c(Cl)nc2c1.COc1ccc2cc(CNCc3ccc(C(F)(F)F)cc3)c(-c3nccs3)nc2c1.NCc1ccc(C(F)(F)F)cc1. The molecule has 0 saturated heterocycles. The van der Waals surface area contributed by atoms with E-state index in [1.807, 2.05) is 82.9 Å². The van der Waals surface area contributed by atoms with Crippen molar-refractivity contribution >= 4 is 112 Å². The number of carbonyl (C=O) groups excluding carboxylic acids is 2. The second-order valence-electron chi connectivity index (χ2n) is 21.5. The number of aromatic nitrogens is 6. The summed E-state index contributed by atoms with van der Waals surface area (Å²) in [6.45, 7) is 8.20. The van der Waals surface area contributed by atoms with Gasteiger partial charge in [0, 0.05) is 82.7 Å². The number of rotatable bonds is 22. The van der Waals surface area contributed by atoms with Gasteiger partial charge < -0.3 is 25.3 Å². The van der Waals surface area contributed by atoms with Crippen molar-refractivity contribution in [3.63, 3.8) is 0 Å². The predicted octanol–water partition coefficient (Wildman–Crippen LogP) is 19.6. The number of nitrogens with one attached hydrogen (secondary N) is 1. The van der Waals surface area contributed by atoms with Crippen molar-refractivity contribution in [1.82, 2.24) is 35.2 Å². The Morgan fingerprint density at radius 2 is 0.947 bits per heavy atom. The first-order chi connectivity index (χ1) is 45.3. The van der Waals surface area contributed by atoms with Crippen LogP contribution in [0.3, 0.4) is 0 Å². The molecule has 5 aromatic carbocycles. The molecule has 13 nitrogen and oxygen atoms in total. The quantitative estimate of drug-likeness (QED) is 0.0284. The third kappa shape index (κ3) is 22.0. The molecule has 3 N–H and O–H groups in total. The van der Waals surface area contributed by atoms with Crippen LogP contribution >= 0.6 is 45.6 Å². The van der Waals surface area contributed by atoms with E-state index in [0.717, 1.165) is 96.1 Å². The van der Waals surface area contributed by atoms with Crippen LogP contribution in [0.1, 0.15) is 115 Å². The molecular formula is C71H77ClF6N8O5S3Sn. The van der Waals surface area contributed by atoms with E-state index in [9.17, 15) is 35.9 Å². The molecule has 0 atom stereocenters. The van der Waals surface area contributed by atoms with Crippen molar-refractivity contribution in [2.45, 2.75) is 112 Å². The van der Waals surface area contributed by atoms with E-state index in [-0.39, 0.29) is 19.1 Å². The maximum Gasteiger partial charge on any atom is 0.416 e. The summed E-state index contributed by atoms with van der Waals surface area (Å²) in [5.74, 6) is 2.18. The Morgan fingerprint density at radius 3 is 1.36 bits per heavy atom. The topological polar surface area (TPSA) is 177 Å². The van der Waals surface area contributed by atoms with Gasteiger partial charge in [-0.2, -0.15) is 26.3 Å². The molecule has 11 aromatic rings. The summed E-state index contributed by atoms with van der Waals surface area (Å²) in [6.07, 6.45) is 6.74. The number of fused-ring (bicyclic) bond motifs is 3. The summed E-state index contributed by atoms with van der Waals surface area (Å²) in [5.41, 5.74) is 11.0. The van der Waals surface area contributed by atoms with Gasteiger partial charge in [-0.05, 0) is 95.6 Å². The number of methoxy groups -OCH3 is 3. The zero-order chi connectivity index (χ0) is 67.7. The van der Waals surface area contributed by atoms with Crippen LogP contribution in [0, 0.1) is 0 Å². The summed E-state index contributed by atoms with van der Waals surface area (Å²) < 4.78 is 95.9. The first-order valence-electron chi connectivity index (χ1n) is 30.3. The summed E-state index contributed by atoms with van der Waals surface area (Å²) in [7, 11) is 4.81. The number of hydrogen-bond acceptors (Lipinski definition) is 16. The molecule has 0 radical (unpaired) electrons. The van der Waals surface area contributed by atoms with Gasteiger partial charge in [0.05, 0.1) is 54.6 Å². The average molecular weight is 1490 g/mol. The third-order valence-electron chi connectivity index (χ3n) is 15.0. The number of unbranched alkanes of at least 4 members (excludes halogenated alkanes) is 3. The maximum atomic E-state index is 12.7. The van der Waals surface area contributed by atoms with Gasteiger partial charge in [-0.25, -0.2) is 24.9 Å². The number of halogens is 7. The van der Waals surface area contributed by atoms with E-state index < -0.39 is 41.9 Å². The molecule has 0 unspecified atom stereocenters. The normalized spacial score (nSPS) is 11.2. The number of pyridine rings is 3. The minimum Gasteiger partial charge on any atom is -0.497 e. The van der Waals surface area contributed by atoms with Crippen LogP contribution in [0.15, 0.2) is 156 Å². The molecule has 6 aromatic heterocycles. The Kier molecular flexibility index (Phi) is 30.4. The number of aldehydes is 2. The summed E-state index contributed by atoms with van der Waals surface area (Å²) in [5, 5.41) is 13.8. The number of carbonyl (C=O) groups is 2. The molecule has 0 fully saturated rings. The maximum absolute atomic E-state index is 12.7. The molecule has 0 saturated carbocycles. The first-order valence-corrected chi connectivity index (χ1v) is 40.8. The largest absolute Gasteiger partial charge is 0.497 e. The Morgan fingerprint density at radius 1 is 0.526 bits per heavy atom. The van der Waals surface area contributed by atoms with E-state index in [1.165, 1.54) is 85.5 Å². The van der Waals surface area contributed by atoms with Crippen LogP contribution in [0.4, 0.5) is 26.3 Å². The van der Waals surface area contributed by atoms with Gasteiger partial charge in [0.15, 0.2) is 12.6 Å². The molecule has 0 aliphatic carbocycles. The zero-order valence-electron chi connectivity index (χ0n) is 52.8. The Labute approximate surface area is 571 Å².